The Morgan fingerprint density at radius 2 is 1.80 bits per heavy atom. The van der Waals surface area contributed by atoms with Crippen molar-refractivity contribution < 1.29 is 32.6 Å². The molecular formula is C26H43O7PSi. The number of benzene rings is 1. The summed E-state index contributed by atoms with van der Waals surface area (Å²) in [4.78, 5) is 12.6. The van der Waals surface area contributed by atoms with Crippen LogP contribution in [0.5, 0.6) is 11.5 Å². The molecule has 35 heavy (non-hydrogen) atoms. The Hall–Kier alpha value is -1.60. The molecule has 2 rings (SSSR count). The van der Waals surface area contributed by atoms with Gasteiger partial charge < -0.3 is 23.3 Å². The van der Waals surface area contributed by atoms with E-state index in [9.17, 15) is 9.36 Å². The first kappa shape index (κ1) is 29.6. The summed E-state index contributed by atoms with van der Waals surface area (Å²) in [5, 5.41) is 0. The fourth-order valence-corrected chi connectivity index (χ4v) is 6.50. The van der Waals surface area contributed by atoms with Gasteiger partial charge in [-0.15, -0.1) is 0 Å². The first-order valence-electron chi connectivity index (χ1n) is 12.5. The van der Waals surface area contributed by atoms with Gasteiger partial charge >= 0.3 is 13.6 Å². The van der Waals surface area contributed by atoms with E-state index in [4.69, 9.17) is 23.3 Å². The van der Waals surface area contributed by atoms with Crippen molar-refractivity contribution in [1.82, 2.24) is 0 Å². The molecular weight excluding hydrogens is 483 g/mol. The van der Waals surface area contributed by atoms with Crippen LogP contribution in [-0.4, -0.2) is 47.1 Å². The molecule has 0 bridgehead atoms. The van der Waals surface area contributed by atoms with Gasteiger partial charge in [-0.1, -0.05) is 31.3 Å². The van der Waals surface area contributed by atoms with Crippen LogP contribution in [-0.2, 0) is 31.4 Å². The number of cyclic esters (lactones) is 1. The van der Waals surface area contributed by atoms with Crippen LogP contribution in [0.1, 0.15) is 60.7 Å². The normalized spacial score (nSPS) is 14.2. The van der Waals surface area contributed by atoms with Crippen molar-refractivity contribution in [3.8, 4) is 11.5 Å². The summed E-state index contributed by atoms with van der Waals surface area (Å²) >= 11 is 0. The monoisotopic (exact) mass is 526 g/mol. The summed E-state index contributed by atoms with van der Waals surface area (Å²) in [5.74, 6) is 0.994. The zero-order valence-electron chi connectivity index (χ0n) is 22.7. The number of fused-ring (bicyclic) bond motifs is 1. The average molecular weight is 527 g/mol. The summed E-state index contributed by atoms with van der Waals surface area (Å²) in [6, 6.07) is 0.987. The third-order valence-electron chi connectivity index (χ3n) is 6.03. The predicted octanol–water partition coefficient (Wildman–Crippen LogP) is 6.93. The number of hydrogen-bond acceptors (Lipinski definition) is 7. The van der Waals surface area contributed by atoms with Crippen molar-refractivity contribution in [3.63, 3.8) is 0 Å². The van der Waals surface area contributed by atoms with Crippen molar-refractivity contribution in [2.24, 2.45) is 0 Å². The second-order valence-electron chi connectivity index (χ2n) is 10.1. The smallest absolute Gasteiger partial charge is 0.342 e. The van der Waals surface area contributed by atoms with Gasteiger partial charge in [-0.3, -0.25) is 4.57 Å². The van der Waals surface area contributed by atoms with E-state index in [-0.39, 0.29) is 12.6 Å². The lowest BCUT2D eigenvalue weighted by atomic mass is 9.94. The lowest BCUT2D eigenvalue weighted by Crippen LogP contribution is -2.23. The summed E-state index contributed by atoms with van der Waals surface area (Å²) in [5.41, 5.74) is 4.32. The van der Waals surface area contributed by atoms with Crippen LogP contribution in [0.4, 0.5) is 0 Å². The fourth-order valence-electron chi connectivity index (χ4n) is 4.12. The number of rotatable bonds is 15. The standard InChI is InChI=1S/C26H43O7PSi/c1-9-32-34(28,33-10-2)16-11-12-19(3)13-14-21-24(29-5)20(4)22-18-31-26(27)23(22)25(21)30-15-17-35(6,7)8/h13H,9-12,14-18H2,1-8H3/b19-13+. The number of carbonyl (C=O) groups excluding carboxylic acids is 1. The van der Waals surface area contributed by atoms with E-state index in [1.165, 1.54) is 0 Å². The van der Waals surface area contributed by atoms with Crippen LogP contribution in [0.2, 0.25) is 25.7 Å². The largest absolute Gasteiger partial charge is 0.496 e. The summed E-state index contributed by atoms with van der Waals surface area (Å²) in [7, 11) is -2.70. The zero-order valence-corrected chi connectivity index (χ0v) is 24.6. The zero-order chi connectivity index (χ0) is 26.2. The van der Waals surface area contributed by atoms with Crippen LogP contribution in [0, 0.1) is 6.92 Å². The second-order valence-corrected chi connectivity index (χ2v) is 17.9. The van der Waals surface area contributed by atoms with E-state index in [1.807, 2.05) is 20.8 Å². The molecule has 0 saturated heterocycles. The van der Waals surface area contributed by atoms with E-state index >= 15 is 0 Å². The highest BCUT2D eigenvalue weighted by Crippen LogP contribution is 2.49. The molecule has 9 heteroatoms. The second kappa shape index (κ2) is 13.1. The van der Waals surface area contributed by atoms with Crippen molar-refractivity contribution in [2.45, 2.75) is 79.2 Å². The number of methoxy groups -OCH3 is 1. The molecule has 0 amide bonds. The van der Waals surface area contributed by atoms with Crippen molar-refractivity contribution in [2.75, 3.05) is 33.1 Å². The molecule has 0 aliphatic carbocycles. The molecule has 198 valence electrons. The minimum Gasteiger partial charge on any atom is -0.496 e. The fraction of sp³-hybridized carbons (Fsp3) is 0.654. The van der Waals surface area contributed by atoms with E-state index in [0.29, 0.717) is 50.1 Å². The summed E-state index contributed by atoms with van der Waals surface area (Å²) in [6.45, 7) is 16.1. The Bertz CT molecular complexity index is 956. The lowest BCUT2D eigenvalue weighted by Gasteiger charge is -2.21. The van der Waals surface area contributed by atoms with E-state index < -0.39 is 15.7 Å². The number of hydrogen-bond donors (Lipinski definition) is 0. The summed E-state index contributed by atoms with van der Waals surface area (Å²) < 4.78 is 41.0. The lowest BCUT2D eigenvalue weighted by molar-refractivity contribution is 0.0532. The van der Waals surface area contributed by atoms with E-state index in [2.05, 4.69) is 32.6 Å². The predicted molar refractivity (Wildman–Crippen MR) is 143 cm³/mol. The third kappa shape index (κ3) is 8.21. The summed E-state index contributed by atoms with van der Waals surface area (Å²) in [6.07, 6.45) is 4.54. The number of ether oxygens (including phenoxy) is 3. The topological polar surface area (TPSA) is 80.3 Å². The molecule has 0 unspecified atom stereocenters. The third-order valence-corrected chi connectivity index (χ3v) is 9.91. The SMILES string of the molecule is CCOP(=O)(CCC/C(C)=C/Cc1c(OC)c(C)c2c(c1OCC[Si](C)(C)C)C(=O)OC2)OCC. The molecule has 1 aliphatic heterocycles. The van der Waals surface area contributed by atoms with Gasteiger partial charge in [0, 0.05) is 19.2 Å². The number of carbonyl (C=O) groups is 1. The van der Waals surface area contributed by atoms with Crippen LogP contribution in [0.25, 0.3) is 0 Å². The maximum Gasteiger partial charge on any atom is 0.342 e. The Labute approximate surface area is 212 Å². The highest BCUT2D eigenvalue weighted by atomic mass is 31.2. The van der Waals surface area contributed by atoms with Crippen LogP contribution in [0.3, 0.4) is 0 Å². The van der Waals surface area contributed by atoms with Crippen LogP contribution < -0.4 is 9.47 Å². The molecule has 1 aromatic carbocycles. The molecule has 1 aliphatic rings. The van der Waals surface area contributed by atoms with Gasteiger partial charge in [0.15, 0.2) is 0 Å². The van der Waals surface area contributed by atoms with Crippen molar-refractivity contribution in [3.05, 3.63) is 33.9 Å². The maximum absolute atomic E-state index is 12.7. The minimum absolute atomic E-state index is 0.246. The van der Waals surface area contributed by atoms with Gasteiger partial charge in [0.05, 0.1) is 33.1 Å². The minimum atomic E-state index is -3.04. The molecule has 0 radical (unpaired) electrons. The van der Waals surface area contributed by atoms with Gasteiger partial charge in [-0.25, -0.2) is 4.79 Å². The number of allylic oxidation sites excluding steroid dienone is 2. The molecule has 0 fully saturated rings. The molecule has 0 N–H and O–H groups in total. The number of esters is 1. The quantitative estimate of drug-likeness (QED) is 0.106. The molecule has 1 aromatic rings. The first-order valence-corrected chi connectivity index (χ1v) is 18.0. The Morgan fingerprint density at radius 3 is 2.37 bits per heavy atom. The molecule has 0 atom stereocenters. The average Bonchev–Trinajstić information content (AvgIpc) is 3.15. The Balaban J connectivity index is 2.27. The van der Waals surface area contributed by atoms with Crippen molar-refractivity contribution in [1.29, 1.82) is 0 Å². The Kier molecular flexibility index (Phi) is 11.1. The molecule has 1 heterocycles. The van der Waals surface area contributed by atoms with Crippen LogP contribution in [0.15, 0.2) is 11.6 Å². The molecule has 0 spiro atoms. The first-order chi connectivity index (χ1) is 16.5. The van der Waals surface area contributed by atoms with Gasteiger partial charge in [0.25, 0.3) is 0 Å². The van der Waals surface area contributed by atoms with Gasteiger partial charge in [0.2, 0.25) is 0 Å². The molecule has 0 aromatic heterocycles. The molecule has 0 saturated carbocycles. The van der Waals surface area contributed by atoms with E-state index in [0.717, 1.165) is 40.5 Å². The Morgan fingerprint density at radius 1 is 1.14 bits per heavy atom. The maximum atomic E-state index is 12.7. The van der Waals surface area contributed by atoms with Gasteiger partial charge in [0.1, 0.15) is 23.7 Å². The van der Waals surface area contributed by atoms with Crippen LogP contribution >= 0.6 is 7.60 Å². The van der Waals surface area contributed by atoms with Crippen molar-refractivity contribution >= 4 is 21.6 Å². The van der Waals surface area contributed by atoms with Gasteiger partial charge in [-0.2, -0.15) is 0 Å². The molecule has 7 nitrogen and oxygen atoms in total. The highest BCUT2D eigenvalue weighted by molar-refractivity contribution is 7.53. The van der Waals surface area contributed by atoms with E-state index in [1.54, 1.807) is 7.11 Å². The van der Waals surface area contributed by atoms with Gasteiger partial charge in [-0.05, 0) is 58.6 Å². The highest BCUT2D eigenvalue weighted by Gasteiger charge is 2.33.